The fraction of sp³-hybridized carbons (Fsp3) is 0.636. The van der Waals surface area contributed by atoms with Gasteiger partial charge in [-0.15, -0.1) is 0 Å². The summed E-state index contributed by atoms with van der Waals surface area (Å²) >= 11 is 0. The maximum atomic E-state index is 12.6. The number of carbonyl (C=O) groups is 2. The van der Waals surface area contributed by atoms with Crippen molar-refractivity contribution < 1.29 is 14.3 Å². The Morgan fingerprint density at radius 3 is 2.46 bits per heavy atom. The van der Waals surface area contributed by atoms with Crippen molar-refractivity contribution in [3.8, 4) is 0 Å². The molecule has 1 amide bonds. The van der Waals surface area contributed by atoms with E-state index in [9.17, 15) is 9.59 Å². The molecule has 0 unspecified atom stereocenters. The van der Waals surface area contributed by atoms with Gasteiger partial charge in [0.25, 0.3) is 5.91 Å². The van der Waals surface area contributed by atoms with Gasteiger partial charge < -0.3 is 9.64 Å². The van der Waals surface area contributed by atoms with Crippen LogP contribution in [0.5, 0.6) is 0 Å². The molecule has 1 aromatic rings. The molecular formula is C22H33NO3. The van der Waals surface area contributed by atoms with Crippen LogP contribution in [-0.4, -0.2) is 36.5 Å². The van der Waals surface area contributed by atoms with Crippen molar-refractivity contribution in [2.24, 2.45) is 5.92 Å². The van der Waals surface area contributed by atoms with Crippen LogP contribution in [0.15, 0.2) is 24.3 Å². The highest BCUT2D eigenvalue weighted by Crippen LogP contribution is 2.21. The zero-order chi connectivity index (χ0) is 18.8. The standard InChI is InChI=1S/C22H33NO3/c1-3-4-5-6-7-8-16-26-22(25)19-12-14-23(15-13-19)21(24)20-11-9-10-18(2)17-20/h9-11,17,19H,3-8,12-16H2,1-2H3. The molecule has 0 spiro atoms. The molecule has 1 aliphatic heterocycles. The SMILES string of the molecule is CCCCCCCCOC(=O)C1CCN(C(=O)c2cccc(C)c2)CC1. The monoisotopic (exact) mass is 359 g/mol. The van der Waals surface area contributed by atoms with E-state index in [1.54, 1.807) is 0 Å². The Morgan fingerprint density at radius 1 is 1.08 bits per heavy atom. The number of aryl methyl sites for hydroxylation is 1. The summed E-state index contributed by atoms with van der Waals surface area (Å²) in [6, 6.07) is 7.68. The average Bonchev–Trinajstić information content (AvgIpc) is 2.66. The Morgan fingerprint density at radius 2 is 1.77 bits per heavy atom. The van der Waals surface area contributed by atoms with Crippen LogP contribution in [0.25, 0.3) is 0 Å². The average molecular weight is 360 g/mol. The van der Waals surface area contributed by atoms with Gasteiger partial charge >= 0.3 is 5.97 Å². The molecule has 4 heteroatoms. The van der Waals surface area contributed by atoms with Crippen molar-refractivity contribution in [2.75, 3.05) is 19.7 Å². The molecule has 1 heterocycles. The highest BCUT2D eigenvalue weighted by atomic mass is 16.5. The first-order valence-electron chi connectivity index (χ1n) is 10.1. The zero-order valence-electron chi connectivity index (χ0n) is 16.3. The zero-order valence-corrected chi connectivity index (χ0v) is 16.3. The Bertz CT molecular complexity index is 577. The van der Waals surface area contributed by atoms with Crippen molar-refractivity contribution in [1.82, 2.24) is 4.90 Å². The predicted molar refractivity (Wildman–Crippen MR) is 104 cm³/mol. The second-order valence-corrected chi connectivity index (χ2v) is 7.37. The van der Waals surface area contributed by atoms with Gasteiger partial charge in [0.1, 0.15) is 0 Å². The summed E-state index contributed by atoms with van der Waals surface area (Å²) in [6.07, 6.45) is 8.54. The van der Waals surface area contributed by atoms with E-state index >= 15 is 0 Å². The molecule has 0 atom stereocenters. The molecule has 1 saturated heterocycles. The minimum atomic E-state index is -0.0822. The lowest BCUT2D eigenvalue weighted by Gasteiger charge is -2.31. The molecule has 1 aromatic carbocycles. The Kier molecular flexibility index (Phi) is 8.66. The van der Waals surface area contributed by atoms with Crippen LogP contribution in [0.1, 0.15) is 74.2 Å². The predicted octanol–water partition coefficient (Wildman–Crippen LogP) is 4.75. The van der Waals surface area contributed by atoms with E-state index in [4.69, 9.17) is 4.74 Å². The summed E-state index contributed by atoms with van der Waals surface area (Å²) in [5, 5.41) is 0. The molecule has 1 aliphatic rings. The largest absolute Gasteiger partial charge is 0.465 e. The maximum Gasteiger partial charge on any atom is 0.309 e. The lowest BCUT2D eigenvalue weighted by Crippen LogP contribution is -2.40. The molecule has 4 nitrogen and oxygen atoms in total. The number of rotatable bonds is 9. The van der Waals surface area contributed by atoms with Crippen LogP contribution in [0.2, 0.25) is 0 Å². The van der Waals surface area contributed by atoms with Crippen LogP contribution >= 0.6 is 0 Å². The number of benzene rings is 1. The van der Waals surface area contributed by atoms with Crippen molar-refractivity contribution in [3.05, 3.63) is 35.4 Å². The number of esters is 1. The first-order chi connectivity index (χ1) is 12.6. The Labute approximate surface area is 157 Å². The summed E-state index contributed by atoms with van der Waals surface area (Å²) in [5.41, 5.74) is 1.82. The summed E-state index contributed by atoms with van der Waals surface area (Å²) in [4.78, 5) is 26.6. The highest BCUT2D eigenvalue weighted by Gasteiger charge is 2.28. The normalized spacial score (nSPS) is 15.1. The van der Waals surface area contributed by atoms with Gasteiger partial charge in [-0.1, -0.05) is 56.7 Å². The van der Waals surface area contributed by atoms with E-state index < -0.39 is 0 Å². The smallest absolute Gasteiger partial charge is 0.309 e. The van der Waals surface area contributed by atoms with Gasteiger partial charge in [-0.2, -0.15) is 0 Å². The van der Waals surface area contributed by atoms with E-state index in [1.807, 2.05) is 36.1 Å². The van der Waals surface area contributed by atoms with Crippen molar-refractivity contribution in [1.29, 1.82) is 0 Å². The molecule has 1 fully saturated rings. The summed E-state index contributed by atoms with van der Waals surface area (Å²) < 4.78 is 5.44. The highest BCUT2D eigenvalue weighted by molar-refractivity contribution is 5.94. The first kappa shape index (κ1) is 20.5. The molecule has 0 saturated carbocycles. The van der Waals surface area contributed by atoms with Gasteiger partial charge in [-0.3, -0.25) is 9.59 Å². The van der Waals surface area contributed by atoms with Crippen LogP contribution in [0.3, 0.4) is 0 Å². The van der Waals surface area contributed by atoms with Crippen LogP contribution in [-0.2, 0) is 9.53 Å². The number of hydrogen-bond donors (Lipinski definition) is 0. The number of unbranched alkanes of at least 4 members (excludes halogenated alkanes) is 5. The van der Waals surface area contributed by atoms with Crippen molar-refractivity contribution in [2.45, 2.75) is 65.2 Å². The topological polar surface area (TPSA) is 46.6 Å². The molecule has 2 rings (SSSR count). The van der Waals surface area contributed by atoms with E-state index in [1.165, 1.54) is 25.7 Å². The number of likely N-dealkylation sites (tertiary alicyclic amines) is 1. The number of carbonyl (C=O) groups excluding carboxylic acids is 2. The van der Waals surface area contributed by atoms with Crippen molar-refractivity contribution >= 4 is 11.9 Å². The third kappa shape index (κ3) is 6.47. The second-order valence-electron chi connectivity index (χ2n) is 7.37. The first-order valence-corrected chi connectivity index (χ1v) is 10.1. The third-order valence-electron chi connectivity index (χ3n) is 5.12. The number of hydrogen-bond acceptors (Lipinski definition) is 3. The lowest BCUT2D eigenvalue weighted by atomic mass is 9.96. The van der Waals surface area contributed by atoms with E-state index in [2.05, 4.69) is 6.92 Å². The number of piperidine rings is 1. The minimum absolute atomic E-state index is 0.0587. The number of ether oxygens (including phenoxy) is 1. The van der Waals surface area contributed by atoms with E-state index in [-0.39, 0.29) is 17.8 Å². The van der Waals surface area contributed by atoms with Gasteiger partial charge in [0.2, 0.25) is 0 Å². The summed E-state index contributed by atoms with van der Waals surface area (Å²) in [6.45, 7) is 5.99. The van der Waals surface area contributed by atoms with Gasteiger partial charge in [0.05, 0.1) is 12.5 Å². The van der Waals surface area contributed by atoms with Gasteiger partial charge in [0, 0.05) is 18.7 Å². The third-order valence-corrected chi connectivity index (χ3v) is 5.12. The molecule has 0 aliphatic carbocycles. The lowest BCUT2D eigenvalue weighted by molar-refractivity contribution is -0.150. The Balaban J connectivity index is 1.66. The molecule has 0 bridgehead atoms. The molecule has 0 radical (unpaired) electrons. The number of amides is 1. The fourth-order valence-corrected chi connectivity index (χ4v) is 3.45. The quantitative estimate of drug-likeness (QED) is 0.472. The Hall–Kier alpha value is -1.84. The molecule has 0 aromatic heterocycles. The molecule has 0 N–H and O–H groups in total. The van der Waals surface area contributed by atoms with E-state index in [0.717, 1.165) is 24.0 Å². The minimum Gasteiger partial charge on any atom is -0.465 e. The van der Waals surface area contributed by atoms with Crippen LogP contribution in [0.4, 0.5) is 0 Å². The molecule has 144 valence electrons. The van der Waals surface area contributed by atoms with Crippen molar-refractivity contribution in [3.63, 3.8) is 0 Å². The van der Waals surface area contributed by atoms with E-state index in [0.29, 0.717) is 32.5 Å². The molecular weight excluding hydrogens is 326 g/mol. The van der Waals surface area contributed by atoms with Gasteiger partial charge in [-0.25, -0.2) is 0 Å². The number of nitrogens with zero attached hydrogens (tertiary/aromatic N) is 1. The van der Waals surface area contributed by atoms with Crippen LogP contribution < -0.4 is 0 Å². The second kappa shape index (κ2) is 11.0. The summed E-state index contributed by atoms with van der Waals surface area (Å²) in [5.74, 6) is -0.0783. The summed E-state index contributed by atoms with van der Waals surface area (Å²) in [7, 11) is 0. The molecule has 26 heavy (non-hydrogen) atoms. The van der Waals surface area contributed by atoms with Gasteiger partial charge in [-0.05, 0) is 38.3 Å². The maximum absolute atomic E-state index is 12.6. The van der Waals surface area contributed by atoms with Gasteiger partial charge in [0.15, 0.2) is 0 Å². The van der Waals surface area contributed by atoms with Crippen LogP contribution in [0, 0.1) is 12.8 Å². The fourth-order valence-electron chi connectivity index (χ4n) is 3.45.